The van der Waals surface area contributed by atoms with E-state index in [0.717, 1.165) is 15.9 Å². The zero-order valence-corrected chi connectivity index (χ0v) is 12.7. The van der Waals surface area contributed by atoms with Crippen LogP contribution in [0.15, 0.2) is 41.1 Å². The minimum absolute atomic E-state index is 0.101. The molecule has 0 atom stereocenters. The van der Waals surface area contributed by atoms with E-state index >= 15 is 0 Å². The van der Waals surface area contributed by atoms with Crippen LogP contribution in [0.2, 0.25) is 0 Å². The number of ether oxygens (including phenoxy) is 2. The molecule has 1 amide bonds. The van der Waals surface area contributed by atoms with Crippen molar-refractivity contribution < 1.29 is 14.3 Å². The number of fused-ring (bicyclic) bond motifs is 1. The van der Waals surface area contributed by atoms with E-state index in [4.69, 9.17) is 9.47 Å². The van der Waals surface area contributed by atoms with E-state index in [1.54, 1.807) is 18.3 Å². The number of amides is 1. The van der Waals surface area contributed by atoms with E-state index in [-0.39, 0.29) is 12.3 Å². The van der Waals surface area contributed by atoms with Crippen LogP contribution in [-0.2, 0) is 11.2 Å². The van der Waals surface area contributed by atoms with Crippen molar-refractivity contribution in [2.45, 2.75) is 6.42 Å². The van der Waals surface area contributed by atoms with Crippen LogP contribution in [0.1, 0.15) is 5.56 Å². The minimum atomic E-state index is -0.101. The Kier molecular flexibility index (Phi) is 4.06. The third kappa shape index (κ3) is 3.52. The SMILES string of the molecule is O=C(Cc1ccc2c(c1)OCCO2)Nc1ccc(Br)nc1. The first kappa shape index (κ1) is 13.9. The normalized spacial score (nSPS) is 12.8. The Morgan fingerprint density at radius 1 is 1.19 bits per heavy atom. The molecule has 108 valence electrons. The van der Waals surface area contributed by atoms with Gasteiger partial charge in [0.1, 0.15) is 17.8 Å². The number of anilines is 1. The lowest BCUT2D eigenvalue weighted by atomic mass is 10.1. The van der Waals surface area contributed by atoms with Crippen LogP contribution in [0.25, 0.3) is 0 Å². The highest BCUT2D eigenvalue weighted by atomic mass is 79.9. The molecule has 0 radical (unpaired) electrons. The molecule has 0 bridgehead atoms. The smallest absolute Gasteiger partial charge is 0.228 e. The molecule has 0 aliphatic carbocycles. The summed E-state index contributed by atoms with van der Waals surface area (Å²) in [5.41, 5.74) is 1.54. The number of nitrogens with zero attached hydrogens (tertiary/aromatic N) is 1. The van der Waals surface area contributed by atoms with Crippen molar-refractivity contribution >= 4 is 27.5 Å². The average molecular weight is 349 g/mol. The predicted octanol–water partition coefficient (Wildman–Crippen LogP) is 2.80. The molecule has 21 heavy (non-hydrogen) atoms. The molecule has 0 saturated heterocycles. The molecule has 0 fully saturated rings. The molecule has 2 aromatic rings. The van der Waals surface area contributed by atoms with Crippen molar-refractivity contribution in [3.63, 3.8) is 0 Å². The highest BCUT2D eigenvalue weighted by Crippen LogP contribution is 2.30. The monoisotopic (exact) mass is 348 g/mol. The topological polar surface area (TPSA) is 60.5 Å². The van der Waals surface area contributed by atoms with Gasteiger partial charge in [-0.3, -0.25) is 4.79 Å². The second kappa shape index (κ2) is 6.13. The van der Waals surface area contributed by atoms with Gasteiger partial charge in [0, 0.05) is 0 Å². The molecule has 2 heterocycles. The Balaban J connectivity index is 1.65. The van der Waals surface area contributed by atoms with Gasteiger partial charge in [-0.15, -0.1) is 0 Å². The van der Waals surface area contributed by atoms with Gasteiger partial charge in [-0.2, -0.15) is 0 Å². The summed E-state index contributed by atoms with van der Waals surface area (Å²) >= 11 is 3.25. The molecule has 5 nitrogen and oxygen atoms in total. The van der Waals surface area contributed by atoms with E-state index in [2.05, 4.69) is 26.2 Å². The lowest BCUT2D eigenvalue weighted by Crippen LogP contribution is -2.17. The molecule has 1 aliphatic rings. The van der Waals surface area contributed by atoms with E-state index in [0.29, 0.717) is 24.7 Å². The predicted molar refractivity (Wildman–Crippen MR) is 81.7 cm³/mol. The molecule has 0 unspecified atom stereocenters. The Hall–Kier alpha value is -2.08. The minimum Gasteiger partial charge on any atom is -0.486 e. The van der Waals surface area contributed by atoms with Gasteiger partial charge in [-0.05, 0) is 45.8 Å². The van der Waals surface area contributed by atoms with Gasteiger partial charge in [-0.1, -0.05) is 6.07 Å². The third-order valence-corrected chi connectivity index (χ3v) is 3.45. The highest BCUT2D eigenvalue weighted by Gasteiger charge is 2.13. The summed E-state index contributed by atoms with van der Waals surface area (Å²) in [6.07, 6.45) is 1.87. The summed E-state index contributed by atoms with van der Waals surface area (Å²) in [5, 5.41) is 2.80. The van der Waals surface area contributed by atoms with Gasteiger partial charge in [0.2, 0.25) is 5.91 Å². The number of hydrogen-bond donors (Lipinski definition) is 1. The Morgan fingerprint density at radius 3 is 2.76 bits per heavy atom. The maximum Gasteiger partial charge on any atom is 0.228 e. The van der Waals surface area contributed by atoms with E-state index < -0.39 is 0 Å². The summed E-state index contributed by atoms with van der Waals surface area (Å²) in [4.78, 5) is 16.1. The number of aromatic nitrogens is 1. The van der Waals surface area contributed by atoms with Gasteiger partial charge in [0.05, 0.1) is 18.3 Å². The second-order valence-electron chi connectivity index (χ2n) is 4.57. The summed E-state index contributed by atoms with van der Waals surface area (Å²) in [7, 11) is 0. The Bertz CT molecular complexity index is 658. The summed E-state index contributed by atoms with van der Waals surface area (Å²) in [6.45, 7) is 1.09. The van der Waals surface area contributed by atoms with Crippen LogP contribution < -0.4 is 14.8 Å². The third-order valence-electron chi connectivity index (χ3n) is 2.98. The maximum atomic E-state index is 12.0. The Morgan fingerprint density at radius 2 is 2.00 bits per heavy atom. The quantitative estimate of drug-likeness (QED) is 0.866. The molecular formula is C15H13BrN2O3. The number of nitrogens with one attached hydrogen (secondary N) is 1. The average Bonchev–Trinajstić information content (AvgIpc) is 2.49. The number of rotatable bonds is 3. The fourth-order valence-corrected chi connectivity index (χ4v) is 2.27. The maximum absolute atomic E-state index is 12.0. The number of carbonyl (C=O) groups is 1. The lowest BCUT2D eigenvalue weighted by molar-refractivity contribution is -0.115. The van der Waals surface area contributed by atoms with E-state index in [1.165, 1.54) is 0 Å². The van der Waals surface area contributed by atoms with Gasteiger partial charge in [0.25, 0.3) is 0 Å². The zero-order valence-electron chi connectivity index (χ0n) is 11.1. The fraction of sp³-hybridized carbons (Fsp3) is 0.200. The first-order valence-corrected chi connectivity index (χ1v) is 7.30. The van der Waals surface area contributed by atoms with Crippen molar-refractivity contribution in [3.8, 4) is 11.5 Å². The van der Waals surface area contributed by atoms with Gasteiger partial charge < -0.3 is 14.8 Å². The van der Waals surface area contributed by atoms with Crippen molar-refractivity contribution in [2.75, 3.05) is 18.5 Å². The molecule has 3 rings (SSSR count). The summed E-state index contributed by atoms with van der Waals surface area (Å²) in [6, 6.07) is 9.11. The number of benzene rings is 1. The van der Waals surface area contributed by atoms with E-state index in [1.807, 2.05) is 18.2 Å². The van der Waals surface area contributed by atoms with Crippen LogP contribution in [0.4, 0.5) is 5.69 Å². The van der Waals surface area contributed by atoms with Crippen molar-refractivity contribution in [3.05, 3.63) is 46.7 Å². The van der Waals surface area contributed by atoms with Crippen LogP contribution in [0, 0.1) is 0 Å². The number of pyridine rings is 1. The standard InChI is InChI=1S/C15H13BrN2O3/c16-14-4-2-11(9-17-14)18-15(19)8-10-1-3-12-13(7-10)21-6-5-20-12/h1-4,7,9H,5-6,8H2,(H,18,19). The lowest BCUT2D eigenvalue weighted by Gasteiger charge is -2.18. The number of halogens is 1. The first-order chi connectivity index (χ1) is 10.2. The van der Waals surface area contributed by atoms with Gasteiger partial charge in [0.15, 0.2) is 11.5 Å². The van der Waals surface area contributed by atoms with E-state index in [9.17, 15) is 4.79 Å². The molecule has 1 aromatic carbocycles. The first-order valence-electron chi connectivity index (χ1n) is 6.51. The van der Waals surface area contributed by atoms with Gasteiger partial charge in [-0.25, -0.2) is 4.98 Å². The van der Waals surface area contributed by atoms with Crippen LogP contribution >= 0.6 is 15.9 Å². The van der Waals surface area contributed by atoms with Crippen molar-refractivity contribution in [1.29, 1.82) is 0 Å². The second-order valence-corrected chi connectivity index (χ2v) is 5.39. The summed E-state index contributed by atoms with van der Waals surface area (Å²) in [5.74, 6) is 1.31. The Labute approximate surface area is 130 Å². The zero-order chi connectivity index (χ0) is 14.7. The number of hydrogen-bond acceptors (Lipinski definition) is 4. The van der Waals surface area contributed by atoms with Gasteiger partial charge >= 0.3 is 0 Å². The van der Waals surface area contributed by atoms with Crippen molar-refractivity contribution in [1.82, 2.24) is 4.98 Å². The number of carbonyl (C=O) groups excluding carboxylic acids is 1. The molecule has 0 spiro atoms. The molecule has 6 heteroatoms. The largest absolute Gasteiger partial charge is 0.486 e. The van der Waals surface area contributed by atoms with Crippen LogP contribution in [0.3, 0.4) is 0 Å². The molecule has 0 saturated carbocycles. The fourth-order valence-electron chi connectivity index (χ4n) is 2.04. The van der Waals surface area contributed by atoms with Crippen molar-refractivity contribution in [2.24, 2.45) is 0 Å². The van der Waals surface area contributed by atoms with Crippen LogP contribution in [-0.4, -0.2) is 24.1 Å². The molecule has 1 aliphatic heterocycles. The molecule has 1 N–H and O–H groups in total. The molecule has 1 aromatic heterocycles. The highest BCUT2D eigenvalue weighted by molar-refractivity contribution is 9.10. The molecular weight excluding hydrogens is 336 g/mol. The summed E-state index contributed by atoms with van der Waals surface area (Å²) < 4.78 is 11.7. The van der Waals surface area contributed by atoms with Crippen LogP contribution in [0.5, 0.6) is 11.5 Å².